The Morgan fingerprint density at radius 2 is 1.30 bits per heavy atom. The number of amides is 2. The highest BCUT2D eigenvalue weighted by Crippen LogP contribution is 2.32. The Morgan fingerprint density at radius 1 is 0.745 bits per heavy atom. The standard InChI is InChI=1S/C26H50N6O15/c27-3-1-10(34)23(42)31-6-12-16(37)18(39)19(40)26(44-12)46-21-8(29)5-9(32-24(43)11(35)2-4-28)22(20(21)41)47-25-17(38)14(30)15(36)13(7-33)45-25/h8-22,25-26,33-41H,1-7,27-30H2,(H,31,42)(H,32,43). The number of aliphatic hydroxyl groups excluding tert-OH is 9. The lowest BCUT2D eigenvalue weighted by Gasteiger charge is -2.49. The summed E-state index contributed by atoms with van der Waals surface area (Å²) in [5.41, 5.74) is 23.0. The smallest absolute Gasteiger partial charge is 0.249 e. The Balaban J connectivity index is 1.82. The Kier molecular flexibility index (Phi) is 15.0. The van der Waals surface area contributed by atoms with Crippen molar-refractivity contribution in [3.8, 4) is 0 Å². The van der Waals surface area contributed by atoms with Crippen LogP contribution in [0.1, 0.15) is 19.3 Å². The van der Waals surface area contributed by atoms with Crippen molar-refractivity contribution in [3.05, 3.63) is 0 Å². The summed E-state index contributed by atoms with van der Waals surface area (Å²) in [5, 5.41) is 98.4. The summed E-state index contributed by atoms with van der Waals surface area (Å²) in [6, 6.07) is -3.66. The Bertz CT molecular complexity index is 1000. The van der Waals surface area contributed by atoms with Gasteiger partial charge < -0.3 is 98.5 Å². The van der Waals surface area contributed by atoms with Crippen LogP contribution in [0.3, 0.4) is 0 Å². The van der Waals surface area contributed by atoms with Gasteiger partial charge in [-0.05, 0) is 32.4 Å². The third-order valence-electron chi connectivity index (χ3n) is 8.50. The van der Waals surface area contributed by atoms with E-state index in [-0.39, 0.29) is 32.4 Å². The minimum Gasteiger partial charge on any atom is -0.394 e. The summed E-state index contributed by atoms with van der Waals surface area (Å²) in [6.07, 6.45) is -22.9. The molecule has 2 heterocycles. The SMILES string of the molecule is NCCC(O)C(=O)NCC1OC(OC2C(N)CC(NC(=O)C(O)CCN)C(OC3OC(CO)C(O)C(N)C3O)C2O)C(O)C(O)C1O. The molecule has 17 atom stereocenters. The van der Waals surface area contributed by atoms with Gasteiger partial charge in [0.2, 0.25) is 11.8 Å². The fraction of sp³-hybridized carbons (Fsp3) is 0.923. The Morgan fingerprint density at radius 3 is 1.89 bits per heavy atom. The molecule has 2 amide bonds. The highest BCUT2D eigenvalue weighted by molar-refractivity contribution is 5.81. The number of carbonyl (C=O) groups is 2. The van der Waals surface area contributed by atoms with Crippen molar-refractivity contribution in [3.63, 3.8) is 0 Å². The van der Waals surface area contributed by atoms with E-state index in [2.05, 4.69) is 10.6 Å². The zero-order chi connectivity index (χ0) is 35.2. The highest BCUT2D eigenvalue weighted by atomic mass is 16.7. The summed E-state index contributed by atoms with van der Waals surface area (Å²) in [7, 11) is 0. The van der Waals surface area contributed by atoms with Crippen LogP contribution in [-0.2, 0) is 28.5 Å². The number of nitrogens with two attached hydrogens (primary N) is 4. The van der Waals surface area contributed by atoms with Gasteiger partial charge in [-0.15, -0.1) is 0 Å². The van der Waals surface area contributed by atoms with E-state index in [1.165, 1.54) is 0 Å². The number of aliphatic hydroxyl groups is 9. The van der Waals surface area contributed by atoms with Crippen molar-refractivity contribution < 1.29 is 74.5 Å². The van der Waals surface area contributed by atoms with Crippen LogP contribution in [0.15, 0.2) is 0 Å². The second-order valence-corrected chi connectivity index (χ2v) is 11.9. The largest absolute Gasteiger partial charge is 0.394 e. The van der Waals surface area contributed by atoms with E-state index in [0.717, 1.165) is 0 Å². The predicted octanol–water partition coefficient (Wildman–Crippen LogP) is -9.56. The first-order valence-corrected chi connectivity index (χ1v) is 15.3. The lowest BCUT2D eigenvalue weighted by molar-refractivity contribution is -0.333. The van der Waals surface area contributed by atoms with E-state index in [1.54, 1.807) is 0 Å². The van der Waals surface area contributed by atoms with E-state index >= 15 is 0 Å². The molecule has 21 nitrogen and oxygen atoms in total. The van der Waals surface area contributed by atoms with Crippen LogP contribution in [0.4, 0.5) is 0 Å². The Hall–Kier alpha value is -1.74. The van der Waals surface area contributed by atoms with Gasteiger partial charge in [0, 0.05) is 12.6 Å². The molecular formula is C26H50N6O15. The number of hydrogen-bond acceptors (Lipinski definition) is 19. The second-order valence-electron chi connectivity index (χ2n) is 11.9. The highest BCUT2D eigenvalue weighted by Gasteiger charge is 2.52. The Labute approximate surface area is 269 Å². The fourth-order valence-electron chi connectivity index (χ4n) is 5.65. The third-order valence-corrected chi connectivity index (χ3v) is 8.50. The number of carbonyl (C=O) groups excluding carboxylic acids is 2. The van der Waals surface area contributed by atoms with Crippen LogP contribution in [0.5, 0.6) is 0 Å². The molecule has 1 aliphatic carbocycles. The van der Waals surface area contributed by atoms with E-state index in [9.17, 15) is 55.5 Å². The lowest BCUT2D eigenvalue weighted by atomic mass is 9.83. The number of ether oxygens (including phenoxy) is 4. The zero-order valence-corrected chi connectivity index (χ0v) is 25.5. The van der Waals surface area contributed by atoms with Crippen molar-refractivity contribution in [2.75, 3.05) is 26.2 Å². The van der Waals surface area contributed by atoms with Gasteiger partial charge in [0.25, 0.3) is 0 Å². The summed E-state index contributed by atoms with van der Waals surface area (Å²) in [5.74, 6) is -1.72. The van der Waals surface area contributed by atoms with Gasteiger partial charge in [-0.25, -0.2) is 0 Å². The van der Waals surface area contributed by atoms with Gasteiger partial charge in [-0.1, -0.05) is 0 Å². The summed E-state index contributed by atoms with van der Waals surface area (Å²) in [6.45, 7) is -1.15. The molecule has 47 heavy (non-hydrogen) atoms. The molecule has 0 bridgehead atoms. The predicted molar refractivity (Wildman–Crippen MR) is 155 cm³/mol. The van der Waals surface area contributed by atoms with Gasteiger partial charge in [0.05, 0.1) is 18.7 Å². The molecule has 17 unspecified atom stereocenters. The molecule has 1 saturated carbocycles. The molecule has 0 aromatic heterocycles. The number of nitrogens with one attached hydrogen (secondary N) is 2. The zero-order valence-electron chi connectivity index (χ0n) is 25.5. The van der Waals surface area contributed by atoms with Crippen molar-refractivity contribution in [2.45, 2.75) is 123 Å². The minimum atomic E-state index is -1.89. The summed E-state index contributed by atoms with van der Waals surface area (Å²) in [4.78, 5) is 24.8. The van der Waals surface area contributed by atoms with Crippen molar-refractivity contribution in [1.29, 1.82) is 0 Å². The molecule has 21 heteroatoms. The molecule has 2 aliphatic heterocycles. The first-order valence-electron chi connectivity index (χ1n) is 15.3. The average molecular weight is 687 g/mol. The van der Waals surface area contributed by atoms with E-state index in [4.69, 9.17) is 41.9 Å². The maximum Gasteiger partial charge on any atom is 0.249 e. The molecule has 3 fully saturated rings. The lowest BCUT2D eigenvalue weighted by Crippen LogP contribution is -2.69. The van der Waals surface area contributed by atoms with E-state index in [1.807, 2.05) is 0 Å². The summed E-state index contributed by atoms with van der Waals surface area (Å²) >= 11 is 0. The monoisotopic (exact) mass is 686 g/mol. The molecule has 0 radical (unpaired) electrons. The molecule has 0 aromatic rings. The van der Waals surface area contributed by atoms with Gasteiger partial charge in [-0.2, -0.15) is 0 Å². The molecule has 19 N–H and O–H groups in total. The van der Waals surface area contributed by atoms with Crippen LogP contribution >= 0.6 is 0 Å². The molecule has 2 saturated heterocycles. The van der Waals surface area contributed by atoms with Gasteiger partial charge in [0.15, 0.2) is 12.6 Å². The van der Waals surface area contributed by atoms with Gasteiger partial charge >= 0.3 is 0 Å². The maximum atomic E-state index is 12.7. The first kappa shape index (κ1) is 39.7. The van der Waals surface area contributed by atoms with Gasteiger partial charge in [-0.3, -0.25) is 9.59 Å². The van der Waals surface area contributed by atoms with Crippen LogP contribution < -0.4 is 33.6 Å². The molecule has 0 aromatic carbocycles. The number of rotatable bonds is 14. The molecule has 3 aliphatic rings. The first-order chi connectivity index (χ1) is 22.2. The van der Waals surface area contributed by atoms with Crippen molar-refractivity contribution in [1.82, 2.24) is 10.6 Å². The van der Waals surface area contributed by atoms with E-state index in [0.29, 0.717) is 0 Å². The molecular weight excluding hydrogens is 636 g/mol. The average Bonchev–Trinajstić information content (AvgIpc) is 3.03. The van der Waals surface area contributed by atoms with Crippen LogP contribution in [0.2, 0.25) is 0 Å². The second kappa shape index (κ2) is 17.8. The molecule has 3 rings (SSSR count). The van der Waals surface area contributed by atoms with Crippen molar-refractivity contribution >= 4 is 11.8 Å². The normalized spacial score (nSPS) is 42.4. The summed E-state index contributed by atoms with van der Waals surface area (Å²) < 4.78 is 22.8. The maximum absolute atomic E-state index is 12.7. The fourth-order valence-corrected chi connectivity index (χ4v) is 5.65. The topological polar surface area (TPSA) is 381 Å². The van der Waals surface area contributed by atoms with Crippen LogP contribution in [-0.4, -0.2) is 188 Å². The van der Waals surface area contributed by atoms with Crippen LogP contribution in [0, 0.1) is 0 Å². The quantitative estimate of drug-likeness (QED) is 0.0806. The van der Waals surface area contributed by atoms with Crippen LogP contribution in [0.25, 0.3) is 0 Å². The number of hydrogen-bond donors (Lipinski definition) is 15. The van der Waals surface area contributed by atoms with Gasteiger partial charge in [0.1, 0.15) is 73.2 Å². The van der Waals surface area contributed by atoms with Crippen molar-refractivity contribution in [2.24, 2.45) is 22.9 Å². The third kappa shape index (κ3) is 9.49. The van der Waals surface area contributed by atoms with E-state index < -0.39 is 129 Å². The minimum absolute atomic E-state index is 0.0219. The molecule has 0 spiro atoms. The molecule has 274 valence electrons.